The van der Waals surface area contributed by atoms with Crippen molar-refractivity contribution >= 4 is 12.0 Å². The van der Waals surface area contributed by atoms with Crippen molar-refractivity contribution < 1.29 is 14.3 Å². The normalized spacial score (nSPS) is 14.3. The molecular weight excluding hydrogens is 316 g/mol. The molecule has 0 aromatic heterocycles. The molecule has 0 aliphatic carbocycles. The average Bonchev–Trinajstić information content (AvgIpc) is 3.07. The maximum Gasteiger partial charge on any atom is 0.410 e. The molecule has 1 aliphatic rings. The van der Waals surface area contributed by atoms with E-state index in [1.54, 1.807) is 11.0 Å². The van der Waals surface area contributed by atoms with E-state index in [0.29, 0.717) is 25.3 Å². The summed E-state index contributed by atoms with van der Waals surface area (Å²) in [5, 5.41) is 2.93. The summed E-state index contributed by atoms with van der Waals surface area (Å²) in [5.74, 6) is -0.154. The second kappa shape index (κ2) is 6.97. The first-order valence-electron chi connectivity index (χ1n) is 8.35. The van der Waals surface area contributed by atoms with Crippen LogP contribution < -0.4 is 5.32 Å². The summed E-state index contributed by atoms with van der Waals surface area (Å²) in [5.41, 5.74) is 2.16. The fraction of sp³-hybridized carbons (Fsp3) is 0.300. The van der Waals surface area contributed by atoms with E-state index in [9.17, 15) is 9.59 Å². The van der Waals surface area contributed by atoms with Crippen molar-refractivity contribution in [2.45, 2.75) is 19.4 Å². The first-order valence-corrected chi connectivity index (χ1v) is 8.35. The minimum atomic E-state index is -0.500. The molecule has 0 radical (unpaired) electrons. The number of nitrogens with zero attached hydrogens (tertiary/aromatic N) is 1. The summed E-state index contributed by atoms with van der Waals surface area (Å²) in [6.07, 6.45) is -0.328. The monoisotopic (exact) mass is 338 g/mol. The van der Waals surface area contributed by atoms with Crippen LogP contribution in [-0.4, -0.2) is 42.1 Å². The molecule has 2 amide bonds. The summed E-state index contributed by atoms with van der Waals surface area (Å²) < 4.78 is 4.98. The topological polar surface area (TPSA) is 58.6 Å². The molecule has 3 rings (SSSR count). The zero-order valence-electron chi connectivity index (χ0n) is 14.5. The Kier molecular flexibility index (Phi) is 4.74. The first kappa shape index (κ1) is 17.0. The standard InChI is InChI=1S/C20H22N2O3/c1-20(2,22-11-12-25-19(22)24)14-21-18(23)17-10-6-9-16(13-17)15-7-4-3-5-8-15/h3-10,13H,11-12,14H2,1-2H3,(H,21,23). The molecule has 1 aliphatic heterocycles. The Morgan fingerprint density at radius 3 is 2.52 bits per heavy atom. The molecule has 1 heterocycles. The Morgan fingerprint density at radius 1 is 1.12 bits per heavy atom. The molecular formula is C20H22N2O3. The SMILES string of the molecule is CC(C)(CNC(=O)c1cccc(-c2ccccc2)c1)N1CCOC1=O. The molecule has 0 atom stereocenters. The van der Waals surface area contributed by atoms with E-state index < -0.39 is 5.54 Å². The van der Waals surface area contributed by atoms with Crippen LogP contribution in [0.3, 0.4) is 0 Å². The number of amides is 2. The Labute approximate surface area is 147 Å². The lowest BCUT2D eigenvalue weighted by molar-refractivity contribution is 0.0903. The van der Waals surface area contributed by atoms with Gasteiger partial charge in [0, 0.05) is 12.1 Å². The van der Waals surface area contributed by atoms with Gasteiger partial charge in [-0.2, -0.15) is 0 Å². The van der Waals surface area contributed by atoms with E-state index in [-0.39, 0.29) is 12.0 Å². The summed E-state index contributed by atoms with van der Waals surface area (Å²) in [4.78, 5) is 25.9. The van der Waals surface area contributed by atoms with Gasteiger partial charge >= 0.3 is 6.09 Å². The molecule has 0 unspecified atom stereocenters. The number of ether oxygens (including phenoxy) is 1. The molecule has 1 N–H and O–H groups in total. The Morgan fingerprint density at radius 2 is 1.84 bits per heavy atom. The van der Waals surface area contributed by atoms with Crippen LogP contribution in [0.15, 0.2) is 54.6 Å². The van der Waals surface area contributed by atoms with Gasteiger partial charge in [-0.05, 0) is 37.1 Å². The lowest BCUT2D eigenvalue weighted by atomic mass is 10.0. The van der Waals surface area contributed by atoms with Gasteiger partial charge in [0.2, 0.25) is 0 Å². The third kappa shape index (κ3) is 3.82. The minimum Gasteiger partial charge on any atom is -0.448 e. The number of nitrogens with one attached hydrogen (secondary N) is 1. The number of benzene rings is 2. The molecule has 1 fully saturated rings. The molecule has 5 nitrogen and oxygen atoms in total. The summed E-state index contributed by atoms with van der Waals surface area (Å²) >= 11 is 0. The van der Waals surface area contributed by atoms with Gasteiger partial charge in [-0.3, -0.25) is 9.69 Å². The van der Waals surface area contributed by atoms with Gasteiger partial charge < -0.3 is 10.1 Å². The highest BCUT2D eigenvalue weighted by Gasteiger charge is 2.35. The van der Waals surface area contributed by atoms with Crippen molar-refractivity contribution in [3.63, 3.8) is 0 Å². The van der Waals surface area contributed by atoms with Gasteiger partial charge in [0.1, 0.15) is 6.61 Å². The maximum absolute atomic E-state index is 12.5. The van der Waals surface area contributed by atoms with Crippen molar-refractivity contribution in [3.8, 4) is 11.1 Å². The quantitative estimate of drug-likeness (QED) is 0.910. The predicted octanol–water partition coefficient (Wildman–Crippen LogP) is 3.31. The van der Waals surface area contributed by atoms with Crippen molar-refractivity contribution in [2.75, 3.05) is 19.7 Å². The van der Waals surface area contributed by atoms with Gasteiger partial charge in [0.15, 0.2) is 0 Å². The highest BCUT2D eigenvalue weighted by molar-refractivity contribution is 5.95. The number of rotatable bonds is 5. The van der Waals surface area contributed by atoms with Crippen molar-refractivity contribution in [3.05, 3.63) is 60.2 Å². The molecule has 0 saturated carbocycles. The molecule has 25 heavy (non-hydrogen) atoms. The number of hydrogen-bond acceptors (Lipinski definition) is 3. The highest BCUT2D eigenvalue weighted by Crippen LogP contribution is 2.21. The van der Waals surface area contributed by atoms with Crippen LogP contribution in [-0.2, 0) is 4.74 Å². The molecule has 2 aromatic carbocycles. The average molecular weight is 338 g/mol. The summed E-state index contributed by atoms with van der Waals surface area (Å²) in [6, 6.07) is 17.5. The van der Waals surface area contributed by atoms with Crippen LogP contribution in [0.2, 0.25) is 0 Å². The number of carbonyl (C=O) groups excluding carboxylic acids is 2. The fourth-order valence-corrected chi connectivity index (χ4v) is 2.91. The fourth-order valence-electron chi connectivity index (χ4n) is 2.91. The van der Waals surface area contributed by atoms with Crippen LogP contribution in [0.1, 0.15) is 24.2 Å². The van der Waals surface area contributed by atoms with E-state index in [2.05, 4.69) is 5.32 Å². The van der Waals surface area contributed by atoms with Crippen LogP contribution in [0.5, 0.6) is 0 Å². The Hall–Kier alpha value is -2.82. The molecule has 1 saturated heterocycles. The predicted molar refractivity (Wildman–Crippen MR) is 96.3 cm³/mol. The van der Waals surface area contributed by atoms with Gasteiger partial charge in [-0.25, -0.2) is 4.79 Å². The molecule has 130 valence electrons. The van der Waals surface area contributed by atoms with Gasteiger partial charge in [0.05, 0.1) is 12.1 Å². The lowest BCUT2D eigenvalue weighted by Gasteiger charge is -2.33. The van der Waals surface area contributed by atoms with E-state index in [1.165, 1.54) is 0 Å². The third-order valence-corrected chi connectivity index (χ3v) is 4.40. The smallest absolute Gasteiger partial charge is 0.410 e. The number of carbonyl (C=O) groups is 2. The van der Waals surface area contributed by atoms with Crippen LogP contribution >= 0.6 is 0 Å². The molecule has 2 aromatic rings. The zero-order chi connectivity index (χ0) is 17.9. The second-order valence-corrected chi connectivity index (χ2v) is 6.71. The van der Waals surface area contributed by atoms with E-state index in [4.69, 9.17) is 4.74 Å². The van der Waals surface area contributed by atoms with Crippen molar-refractivity contribution in [1.82, 2.24) is 10.2 Å². The molecule has 0 spiro atoms. The third-order valence-electron chi connectivity index (χ3n) is 4.40. The number of hydrogen-bond donors (Lipinski definition) is 1. The lowest BCUT2D eigenvalue weighted by Crippen LogP contribution is -2.52. The van der Waals surface area contributed by atoms with Crippen molar-refractivity contribution in [1.29, 1.82) is 0 Å². The van der Waals surface area contributed by atoms with Gasteiger partial charge in [0.25, 0.3) is 5.91 Å². The second-order valence-electron chi connectivity index (χ2n) is 6.71. The van der Waals surface area contributed by atoms with Crippen LogP contribution in [0, 0.1) is 0 Å². The minimum absolute atomic E-state index is 0.154. The maximum atomic E-state index is 12.5. The van der Waals surface area contributed by atoms with E-state index in [1.807, 2.05) is 62.4 Å². The van der Waals surface area contributed by atoms with Crippen molar-refractivity contribution in [2.24, 2.45) is 0 Å². The zero-order valence-corrected chi connectivity index (χ0v) is 14.5. The van der Waals surface area contributed by atoms with Gasteiger partial charge in [-0.15, -0.1) is 0 Å². The van der Waals surface area contributed by atoms with E-state index >= 15 is 0 Å². The molecule has 5 heteroatoms. The van der Waals surface area contributed by atoms with Crippen LogP contribution in [0.25, 0.3) is 11.1 Å². The Balaban J connectivity index is 1.68. The van der Waals surface area contributed by atoms with E-state index in [0.717, 1.165) is 11.1 Å². The Bertz CT molecular complexity index is 772. The van der Waals surface area contributed by atoms with Gasteiger partial charge in [-0.1, -0.05) is 42.5 Å². The summed E-state index contributed by atoms with van der Waals surface area (Å²) in [7, 11) is 0. The largest absolute Gasteiger partial charge is 0.448 e. The van der Waals surface area contributed by atoms with Crippen LogP contribution in [0.4, 0.5) is 4.79 Å². The molecule has 0 bridgehead atoms. The first-order chi connectivity index (χ1) is 12.0. The highest BCUT2D eigenvalue weighted by atomic mass is 16.6. The summed E-state index contributed by atoms with van der Waals surface area (Å²) in [6.45, 7) is 5.14. The number of cyclic esters (lactones) is 1.